The molecule has 0 aliphatic carbocycles. The molecule has 3 aromatic rings. The largest absolute Gasteiger partial charge is 0.491 e. The van der Waals surface area contributed by atoms with Crippen LogP contribution in [0.25, 0.3) is 10.9 Å². The zero-order valence-corrected chi connectivity index (χ0v) is 23.5. The molecule has 1 unspecified atom stereocenters. The van der Waals surface area contributed by atoms with Crippen LogP contribution in [0.2, 0.25) is 5.02 Å². The standard InChI is InChI=1S/C29H31ClFN5O5/c1-29(2)16-41-27(38)13-36(29)8-3-4-26(37)35-24-11-20-23(12-25(24)40-15-18-7-9-39-14-18)32-17-33-28(20)34-19-5-6-22(31)21(30)10-19/h3-6,10-12,17-18H,7-9,13-16H2,1-2H3,(H,35,37)(H,32,33,34). The molecule has 1 amide bonds. The number of carbonyl (C=O) groups is 2. The SMILES string of the molecule is CC1(C)COC(=O)CN1CC=CC(=O)Nc1cc2c(Nc3ccc(F)c(Cl)c3)ncnc2cc1OCC1CCOC1. The molecule has 2 N–H and O–H groups in total. The van der Waals surface area contributed by atoms with Gasteiger partial charge in [0.15, 0.2) is 0 Å². The molecule has 2 saturated heterocycles. The van der Waals surface area contributed by atoms with E-state index in [1.807, 2.05) is 18.7 Å². The number of hydrogen-bond donors (Lipinski definition) is 2. The molecule has 2 aromatic carbocycles. The number of amides is 1. The molecule has 1 atom stereocenters. The van der Waals surface area contributed by atoms with Gasteiger partial charge in [0, 0.05) is 42.3 Å². The van der Waals surface area contributed by atoms with E-state index in [1.54, 1.807) is 24.3 Å². The van der Waals surface area contributed by atoms with Gasteiger partial charge in [-0.2, -0.15) is 0 Å². The summed E-state index contributed by atoms with van der Waals surface area (Å²) < 4.78 is 30.4. The van der Waals surface area contributed by atoms with Crippen molar-refractivity contribution in [1.82, 2.24) is 14.9 Å². The van der Waals surface area contributed by atoms with Crippen LogP contribution in [0.1, 0.15) is 20.3 Å². The number of morpholine rings is 1. The number of halogens is 2. The van der Waals surface area contributed by atoms with Crippen LogP contribution in [-0.2, 0) is 19.1 Å². The minimum absolute atomic E-state index is 0.0236. The van der Waals surface area contributed by atoms with E-state index in [2.05, 4.69) is 20.6 Å². The van der Waals surface area contributed by atoms with Crippen LogP contribution in [0.3, 0.4) is 0 Å². The molecule has 1 aromatic heterocycles. The van der Waals surface area contributed by atoms with E-state index in [-0.39, 0.29) is 41.5 Å². The van der Waals surface area contributed by atoms with Crippen molar-refractivity contribution in [2.75, 3.05) is 50.2 Å². The lowest BCUT2D eigenvalue weighted by atomic mass is 10.0. The molecule has 41 heavy (non-hydrogen) atoms. The van der Waals surface area contributed by atoms with Gasteiger partial charge in [-0.3, -0.25) is 14.5 Å². The maximum Gasteiger partial charge on any atom is 0.320 e. The Morgan fingerprint density at radius 3 is 2.93 bits per heavy atom. The Morgan fingerprint density at radius 1 is 1.29 bits per heavy atom. The highest BCUT2D eigenvalue weighted by atomic mass is 35.5. The zero-order valence-electron chi connectivity index (χ0n) is 22.8. The van der Waals surface area contributed by atoms with Crippen molar-refractivity contribution in [2.24, 2.45) is 5.92 Å². The number of cyclic esters (lactones) is 1. The summed E-state index contributed by atoms with van der Waals surface area (Å²) in [4.78, 5) is 35.4. The van der Waals surface area contributed by atoms with Crippen LogP contribution in [0.5, 0.6) is 5.75 Å². The predicted molar refractivity (Wildman–Crippen MR) is 153 cm³/mol. The minimum Gasteiger partial charge on any atom is -0.491 e. The molecule has 0 radical (unpaired) electrons. The van der Waals surface area contributed by atoms with Crippen LogP contribution in [0.4, 0.5) is 21.6 Å². The number of nitrogens with one attached hydrogen (secondary N) is 2. The van der Waals surface area contributed by atoms with E-state index in [4.69, 9.17) is 25.8 Å². The van der Waals surface area contributed by atoms with Crippen molar-refractivity contribution in [3.05, 3.63) is 59.7 Å². The van der Waals surface area contributed by atoms with Gasteiger partial charge < -0.3 is 24.8 Å². The third-order valence-electron chi connectivity index (χ3n) is 7.03. The molecule has 0 spiro atoms. The Kier molecular flexibility index (Phi) is 8.67. The maximum absolute atomic E-state index is 13.7. The van der Waals surface area contributed by atoms with Gasteiger partial charge in [-0.25, -0.2) is 14.4 Å². The number of esters is 1. The molecule has 2 aliphatic rings. The van der Waals surface area contributed by atoms with E-state index < -0.39 is 5.82 Å². The van der Waals surface area contributed by atoms with Crippen molar-refractivity contribution in [2.45, 2.75) is 25.8 Å². The Balaban J connectivity index is 1.38. The number of aromatic nitrogens is 2. The number of anilines is 3. The molecule has 10 nitrogen and oxygen atoms in total. The smallest absolute Gasteiger partial charge is 0.320 e. The summed E-state index contributed by atoms with van der Waals surface area (Å²) in [5.41, 5.74) is 1.22. The average Bonchev–Trinajstić information content (AvgIpc) is 3.46. The van der Waals surface area contributed by atoms with E-state index in [0.29, 0.717) is 60.2 Å². The number of rotatable bonds is 9. The molecular weight excluding hydrogens is 553 g/mol. The topological polar surface area (TPSA) is 115 Å². The lowest BCUT2D eigenvalue weighted by molar-refractivity contribution is -0.159. The number of fused-ring (bicyclic) bond motifs is 1. The van der Waals surface area contributed by atoms with Crippen molar-refractivity contribution in [1.29, 1.82) is 0 Å². The minimum atomic E-state index is -0.527. The highest BCUT2D eigenvalue weighted by Gasteiger charge is 2.34. The summed E-state index contributed by atoms with van der Waals surface area (Å²) in [6.07, 6.45) is 5.44. The Bertz CT molecular complexity index is 1480. The first-order chi connectivity index (χ1) is 19.7. The van der Waals surface area contributed by atoms with Gasteiger partial charge in [0.2, 0.25) is 5.91 Å². The predicted octanol–water partition coefficient (Wildman–Crippen LogP) is 4.71. The normalized spacial score (nSPS) is 18.9. The van der Waals surface area contributed by atoms with Crippen LogP contribution in [0, 0.1) is 11.7 Å². The van der Waals surface area contributed by atoms with Crippen LogP contribution in [-0.4, -0.2) is 71.8 Å². The molecule has 2 aliphatic heterocycles. The Morgan fingerprint density at radius 2 is 2.15 bits per heavy atom. The zero-order chi connectivity index (χ0) is 29.0. The molecule has 5 rings (SSSR count). The maximum atomic E-state index is 13.7. The van der Waals surface area contributed by atoms with Crippen LogP contribution >= 0.6 is 11.6 Å². The number of carbonyl (C=O) groups excluding carboxylic acids is 2. The lowest BCUT2D eigenvalue weighted by Gasteiger charge is -2.40. The molecule has 0 saturated carbocycles. The summed E-state index contributed by atoms with van der Waals surface area (Å²) in [5, 5.41) is 6.64. The fourth-order valence-corrected chi connectivity index (χ4v) is 4.75. The summed E-state index contributed by atoms with van der Waals surface area (Å²) >= 11 is 5.95. The number of ether oxygens (including phenoxy) is 3. The quantitative estimate of drug-likeness (QED) is 0.273. The first kappa shape index (κ1) is 28.7. The number of nitrogens with zero attached hydrogens (tertiary/aromatic N) is 3. The second-order valence-electron chi connectivity index (χ2n) is 10.6. The molecule has 3 heterocycles. The van der Waals surface area contributed by atoms with Crippen molar-refractivity contribution in [3.8, 4) is 5.75 Å². The van der Waals surface area contributed by atoms with Gasteiger partial charge in [-0.15, -0.1) is 0 Å². The van der Waals surface area contributed by atoms with Gasteiger partial charge in [-0.1, -0.05) is 17.7 Å². The molecule has 2 fully saturated rings. The Hall–Kier alpha value is -3.80. The lowest BCUT2D eigenvalue weighted by Crippen LogP contribution is -2.54. The first-order valence-corrected chi connectivity index (χ1v) is 13.7. The summed E-state index contributed by atoms with van der Waals surface area (Å²) in [5.74, 6) is -0.0327. The van der Waals surface area contributed by atoms with Crippen molar-refractivity contribution >= 4 is 51.6 Å². The van der Waals surface area contributed by atoms with Crippen molar-refractivity contribution < 1.29 is 28.2 Å². The van der Waals surface area contributed by atoms with E-state index >= 15 is 0 Å². The molecule has 0 bridgehead atoms. The summed E-state index contributed by atoms with van der Waals surface area (Å²) in [6, 6.07) is 7.75. The number of hydrogen-bond acceptors (Lipinski definition) is 9. The fraction of sp³-hybridized carbons (Fsp3) is 0.379. The Labute approximate surface area is 241 Å². The average molecular weight is 584 g/mol. The third-order valence-corrected chi connectivity index (χ3v) is 7.32. The first-order valence-electron chi connectivity index (χ1n) is 13.3. The van der Waals surface area contributed by atoms with Gasteiger partial charge in [-0.05, 0) is 44.5 Å². The fourth-order valence-electron chi connectivity index (χ4n) is 4.57. The van der Waals surface area contributed by atoms with Gasteiger partial charge in [0.25, 0.3) is 0 Å². The van der Waals surface area contributed by atoms with Gasteiger partial charge >= 0.3 is 5.97 Å². The molecule has 12 heteroatoms. The van der Waals surface area contributed by atoms with Gasteiger partial charge in [0.05, 0.1) is 41.5 Å². The van der Waals surface area contributed by atoms with E-state index in [0.717, 1.165) is 6.42 Å². The highest BCUT2D eigenvalue weighted by molar-refractivity contribution is 6.31. The molecule has 216 valence electrons. The molecular formula is C29H31ClFN5O5. The van der Waals surface area contributed by atoms with Crippen molar-refractivity contribution in [3.63, 3.8) is 0 Å². The summed E-state index contributed by atoms with van der Waals surface area (Å²) in [6.45, 7) is 6.55. The van der Waals surface area contributed by atoms with Crippen LogP contribution in [0.15, 0.2) is 48.8 Å². The van der Waals surface area contributed by atoms with Crippen LogP contribution < -0.4 is 15.4 Å². The second kappa shape index (κ2) is 12.4. The third kappa shape index (κ3) is 7.10. The van der Waals surface area contributed by atoms with Gasteiger partial charge in [0.1, 0.15) is 30.3 Å². The monoisotopic (exact) mass is 583 g/mol. The number of benzene rings is 2. The highest BCUT2D eigenvalue weighted by Crippen LogP contribution is 2.34. The van der Waals surface area contributed by atoms with E-state index in [1.165, 1.54) is 24.5 Å². The van der Waals surface area contributed by atoms with E-state index in [9.17, 15) is 14.0 Å². The summed E-state index contributed by atoms with van der Waals surface area (Å²) in [7, 11) is 0. The second-order valence-corrected chi connectivity index (χ2v) is 11.0.